The molecule has 0 aromatic carbocycles. The summed E-state index contributed by atoms with van der Waals surface area (Å²) in [6.07, 6.45) is 40.2. The molecule has 8 nitrogen and oxygen atoms in total. The highest BCUT2D eigenvalue weighted by Crippen LogP contribution is 2.24. The Labute approximate surface area is 345 Å². The number of ether oxygens (including phenoxy) is 2. The number of likely N-dealkylation sites (tertiary alicyclic amines) is 1. The maximum Gasteiger partial charge on any atom is 0.306 e. The number of nitrogens with one attached hydrogen (secondary N) is 1. The van der Waals surface area contributed by atoms with Crippen molar-refractivity contribution in [3.05, 3.63) is 0 Å². The lowest BCUT2D eigenvalue weighted by molar-refractivity contribution is -0.149. The van der Waals surface area contributed by atoms with E-state index in [4.69, 9.17) is 9.47 Å². The van der Waals surface area contributed by atoms with Gasteiger partial charge in [0.15, 0.2) is 0 Å². The molecule has 0 aromatic rings. The number of hydrogen-bond donors (Lipinski definition) is 1. The minimum atomic E-state index is -0.420. The molecule has 1 N–H and O–H groups in total. The predicted molar refractivity (Wildman–Crippen MR) is 233 cm³/mol. The van der Waals surface area contributed by atoms with Crippen molar-refractivity contribution in [1.29, 1.82) is 0 Å². The second kappa shape index (κ2) is 38.4. The number of carbonyl (C=O) groups excluding carboxylic acids is 4. The topological polar surface area (TPSA) is 102 Å². The highest BCUT2D eigenvalue weighted by molar-refractivity contribution is 5.84. The molecule has 0 saturated carbocycles. The molecule has 1 heterocycles. The van der Waals surface area contributed by atoms with Gasteiger partial charge in [-0.3, -0.25) is 19.2 Å². The summed E-state index contributed by atoms with van der Waals surface area (Å²) in [5.41, 5.74) is 0. The number of nitrogens with zero attached hydrogens (tertiary/aromatic N) is 1. The summed E-state index contributed by atoms with van der Waals surface area (Å²) < 4.78 is 11.5. The maximum absolute atomic E-state index is 13.2. The van der Waals surface area contributed by atoms with Crippen LogP contribution in [0.4, 0.5) is 0 Å². The van der Waals surface area contributed by atoms with Crippen LogP contribution in [0.3, 0.4) is 0 Å². The molecular weight excluding hydrogens is 701 g/mol. The second-order valence-corrected chi connectivity index (χ2v) is 17.0. The Morgan fingerprint density at radius 1 is 0.482 bits per heavy atom. The fourth-order valence-electron chi connectivity index (χ4n) is 7.93. The second-order valence-electron chi connectivity index (χ2n) is 17.0. The number of rotatable bonds is 40. The molecule has 0 aliphatic carbocycles. The van der Waals surface area contributed by atoms with Crippen molar-refractivity contribution < 1.29 is 28.7 Å². The van der Waals surface area contributed by atoms with E-state index in [2.05, 4.69) is 19.2 Å². The van der Waals surface area contributed by atoms with Crippen LogP contribution in [-0.2, 0) is 28.7 Å². The van der Waals surface area contributed by atoms with E-state index in [-0.39, 0.29) is 55.8 Å². The van der Waals surface area contributed by atoms with Crippen LogP contribution in [0.15, 0.2) is 0 Å². The lowest BCUT2D eigenvalue weighted by Crippen LogP contribution is -2.39. The third-order valence-electron chi connectivity index (χ3n) is 11.5. The largest absolute Gasteiger partial charge is 0.463 e. The fourth-order valence-corrected chi connectivity index (χ4v) is 7.93. The van der Waals surface area contributed by atoms with Gasteiger partial charge in [-0.15, -0.1) is 0 Å². The van der Waals surface area contributed by atoms with Gasteiger partial charge in [0, 0.05) is 38.6 Å². The molecule has 328 valence electrons. The quantitative estimate of drug-likeness (QED) is 0.0490. The van der Waals surface area contributed by atoms with E-state index in [1.165, 1.54) is 154 Å². The summed E-state index contributed by atoms with van der Waals surface area (Å²) in [6, 6.07) is -0.352. The molecule has 1 saturated heterocycles. The van der Waals surface area contributed by atoms with Crippen molar-refractivity contribution in [1.82, 2.24) is 10.2 Å². The van der Waals surface area contributed by atoms with Gasteiger partial charge < -0.3 is 19.7 Å². The molecule has 1 aliphatic heterocycles. The van der Waals surface area contributed by atoms with E-state index in [0.29, 0.717) is 25.8 Å². The zero-order chi connectivity index (χ0) is 40.7. The number of hydrogen-bond acceptors (Lipinski definition) is 6. The van der Waals surface area contributed by atoms with Crippen LogP contribution in [0, 0.1) is 0 Å². The van der Waals surface area contributed by atoms with Crippen LogP contribution in [0.5, 0.6) is 0 Å². The van der Waals surface area contributed by atoms with Gasteiger partial charge in [-0.2, -0.15) is 0 Å². The number of amides is 2. The molecule has 0 aromatic heterocycles. The van der Waals surface area contributed by atoms with Crippen molar-refractivity contribution in [2.75, 3.05) is 19.7 Å². The Kier molecular flexibility index (Phi) is 35.6. The van der Waals surface area contributed by atoms with Crippen molar-refractivity contribution in [3.63, 3.8) is 0 Å². The summed E-state index contributed by atoms with van der Waals surface area (Å²) in [5.74, 6) is -0.764. The first-order chi connectivity index (χ1) is 27.4. The van der Waals surface area contributed by atoms with Gasteiger partial charge in [0.25, 0.3) is 0 Å². The van der Waals surface area contributed by atoms with E-state index >= 15 is 0 Å². The highest BCUT2D eigenvalue weighted by atomic mass is 16.5. The summed E-state index contributed by atoms with van der Waals surface area (Å²) in [7, 11) is 0. The third-order valence-corrected chi connectivity index (χ3v) is 11.5. The van der Waals surface area contributed by atoms with Gasteiger partial charge in [-0.05, 0) is 19.3 Å². The van der Waals surface area contributed by atoms with Crippen LogP contribution in [0.2, 0.25) is 0 Å². The van der Waals surface area contributed by atoms with Crippen LogP contribution in [0.25, 0.3) is 0 Å². The minimum absolute atomic E-state index is 0.0823. The van der Waals surface area contributed by atoms with Crippen molar-refractivity contribution in [2.24, 2.45) is 0 Å². The monoisotopic (exact) mass is 791 g/mol. The molecule has 0 bridgehead atoms. The van der Waals surface area contributed by atoms with E-state index in [0.717, 1.165) is 44.9 Å². The first-order valence-corrected chi connectivity index (χ1v) is 24.3. The van der Waals surface area contributed by atoms with Crippen molar-refractivity contribution in [3.8, 4) is 0 Å². The first-order valence-electron chi connectivity index (χ1n) is 24.3. The molecule has 1 rings (SSSR count). The van der Waals surface area contributed by atoms with Gasteiger partial charge >= 0.3 is 11.9 Å². The molecular formula is C48H90N2O6. The molecule has 2 amide bonds. The average Bonchev–Trinajstić information content (AvgIpc) is 3.60. The van der Waals surface area contributed by atoms with E-state index in [1.54, 1.807) is 4.90 Å². The smallest absolute Gasteiger partial charge is 0.306 e. The zero-order valence-electron chi connectivity index (χ0n) is 37.1. The molecule has 2 atom stereocenters. The Morgan fingerprint density at radius 2 is 0.875 bits per heavy atom. The van der Waals surface area contributed by atoms with Crippen molar-refractivity contribution >= 4 is 23.8 Å². The standard InChI is InChI=1S/C48H90N2O6/c1-4-7-9-11-13-15-17-19-21-23-25-27-29-31-33-35-47(53)55-42-43-40-44(41-50(43)46(52)38-37-45(51)49-39-6-3)56-48(54)36-34-32-30-28-26-24-22-20-18-16-14-12-10-8-5-2/h43-44H,4-42H2,1-3H3,(H,49,51)/t43-,44+/m0/s1. The lowest BCUT2D eigenvalue weighted by atomic mass is 10.0. The third kappa shape index (κ3) is 30.9. The molecule has 8 heteroatoms. The molecule has 0 spiro atoms. The number of carbonyl (C=O) groups is 4. The Hall–Kier alpha value is -2.12. The van der Waals surface area contributed by atoms with Crippen LogP contribution in [0.1, 0.15) is 252 Å². The van der Waals surface area contributed by atoms with Gasteiger partial charge in [-0.1, -0.05) is 201 Å². The van der Waals surface area contributed by atoms with E-state index in [9.17, 15) is 19.2 Å². The summed E-state index contributed by atoms with van der Waals surface area (Å²) in [4.78, 5) is 52.5. The minimum Gasteiger partial charge on any atom is -0.463 e. The highest BCUT2D eigenvalue weighted by Gasteiger charge is 2.38. The Morgan fingerprint density at radius 3 is 1.29 bits per heavy atom. The number of esters is 2. The predicted octanol–water partition coefficient (Wildman–Crippen LogP) is 12.9. The molecule has 56 heavy (non-hydrogen) atoms. The fraction of sp³-hybridized carbons (Fsp3) is 0.917. The van der Waals surface area contributed by atoms with E-state index in [1.807, 2.05) is 6.92 Å². The molecule has 1 aliphatic rings. The molecule has 0 unspecified atom stereocenters. The van der Waals surface area contributed by atoms with Crippen molar-refractivity contribution in [2.45, 2.75) is 264 Å². The van der Waals surface area contributed by atoms with E-state index < -0.39 is 6.10 Å². The average molecular weight is 791 g/mol. The Bertz CT molecular complexity index is 958. The van der Waals surface area contributed by atoms with Crippen LogP contribution >= 0.6 is 0 Å². The first kappa shape index (κ1) is 51.9. The van der Waals surface area contributed by atoms with Crippen LogP contribution in [-0.4, -0.2) is 60.5 Å². The summed E-state index contributed by atoms with van der Waals surface area (Å²) >= 11 is 0. The van der Waals surface area contributed by atoms with Gasteiger partial charge in [-0.25, -0.2) is 0 Å². The summed E-state index contributed by atoms with van der Waals surface area (Å²) in [6.45, 7) is 7.49. The SMILES string of the molecule is CCCCCCCCCCCCCCCCCC(=O)OC[C@@H]1C[C@@H](OC(=O)CCCCCCCCCCCCCCCCC)CN1C(=O)CCC(=O)NCCC. The number of unbranched alkanes of at least 4 members (excludes halogenated alkanes) is 28. The van der Waals surface area contributed by atoms with Crippen LogP contribution < -0.4 is 5.32 Å². The zero-order valence-corrected chi connectivity index (χ0v) is 37.1. The lowest BCUT2D eigenvalue weighted by Gasteiger charge is -2.24. The molecule has 0 radical (unpaired) electrons. The van der Waals surface area contributed by atoms with Gasteiger partial charge in [0.05, 0.1) is 12.6 Å². The van der Waals surface area contributed by atoms with Gasteiger partial charge in [0.2, 0.25) is 11.8 Å². The maximum atomic E-state index is 13.2. The summed E-state index contributed by atoms with van der Waals surface area (Å²) in [5, 5.41) is 2.82. The normalized spacial score (nSPS) is 15.3. The molecule has 1 fully saturated rings. The van der Waals surface area contributed by atoms with Gasteiger partial charge in [0.1, 0.15) is 12.7 Å². The Balaban J connectivity index is 2.27.